The second kappa shape index (κ2) is 7.54. The van der Waals surface area contributed by atoms with Crippen molar-refractivity contribution in [3.8, 4) is 0 Å². The molecule has 1 heterocycles. The summed E-state index contributed by atoms with van der Waals surface area (Å²) in [6.07, 6.45) is 3.34. The third-order valence-corrected chi connectivity index (χ3v) is 3.41. The van der Waals surface area contributed by atoms with Crippen molar-refractivity contribution >= 4 is 17.5 Å². The average molecular weight is 311 g/mol. The molecule has 5 nitrogen and oxygen atoms in total. The topological polar surface area (TPSA) is 62.3 Å². The Labute approximate surface area is 136 Å². The van der Waals surface area contributed by atoms with Crippen LogP contribution >= 0.6 is 0 Å². The Morgan fingerprint density at radius 3 is 2.26 bits per heavy atom. The number of aromatic nitrogens is 1. The molecule has 2 rings (SSSR count). The van der Waals surface area contributed by atoms with E-state index in [-0.39, 0.29) is 18.4 Å². The van der Waals surface area contributed by atoms with Crippen molar-refractivity contribution in [3.63, 3.8) is 0 Å². The molecule has 0 unspecified atom stereocenters. The van der Waals surface area contributed by atoms with Crippen LogP contribution in [0.4, 0.5) is 5.69 Å². The van der Waals surface area contributed by atoms with E-state index in [0.29, 0.717) is 6.54 Å². The normalized spacial score (nSPS) is 10.2. The van der Waals surface area contributed by atoms with Gasteiger partial charge < -0.3 is 10.2 Å². The first kappa shape index (κ1) is 16.7. The molecule has 1 N–H and O–H groups in total. The van der Waals surface area contributed by atoms with Gasteiger partial charge in [0, 0.05) is 31.5 Å². The van der Waals surface area contributed by atoms with Crippen molar-refractivity contribution in [3.05, 3.63) is 59.4 Å². The zero-order valence-corrected chi connectivity index (χ0v) is 13.7. The highest BCUT2D eigenvalue weighted by Gasteiger charge is 2.14. The van der Waals surface area contributed by atoms with Crippen molar-refractivity contribution in [2.24, 2.45) is 0 Å². The SMILES string of the molecule is CC(=O)N(CC(=O)Nc1cc(C)cc(C)c1)Cc1ccncc1. The number of carbonyl (C=O) groups excluding carboxylic acids is 2. The van der Waals surface area contributed by atoms with E-state index in [9.17, 15) is 9.59 Å². The molecule has 0 aliphatic rings. The van der Waals surface area contributed by atoms with Gasteiger partial charge in [-0.05, 0) is 54.8 Å². The number of pyridine rings is 1. The lowest BCUT2D eigenvalue weighted by molar-refractivity contribution is -0.133. The lowest BCUT2D eigenvalue weighted by Gasteiger charge is -2.20. The van der Waals surface area contributed by atoms with Crippen LogP contribution in [0.3, 0.4) is 0 Å². The Bertz CT molecular complexity index is 678. The van der Waals surface area contributed by atoms with Crippen LogP contribution in [-0.4, -0.2) is 28.2 Å². The molecule has 0 spiro atoms. The predicted molar refractivity (Wildman–Crippen MR) is 89.9 cm³/mol. The summed E-state index contributed by atoms with van der Waals surface area (Å²) >= 11 is 0. The number of carbonyl (C=O) groups is 2. The molecule has 23 heavy (non-hydrogen) atoms. The van der Waals surface area contributed by atoms with Gasteiger partial charge in [-0.3, -0.25) is 14.6 Å². The number of hydrogen-bond donors (Lipinski definition) is 1. The molecule has 2 aromatic rings. The smallest absolute Gasteiger partial charge is 0.244 e. The highest BCUT2D eigenvalue weighted by atomic mass is 16.2. The van der Waals surface area contributed by atoms with Crippen LogP contribution in [0.15, 0.2) is 42.7 Å². The predicted octanol–water partition coefficient (Wildman–Crippen LogP) is 2.69. The van der Waals surface area contributed by atoms with Gasteiger partial charge in [0.2, 0.25) is 11.8 Å². The number of anilines is 1. The van der Waals surface area contributed by atoms with Crippen molar-refractivity contribution in [2.75, 3.05) is 11.9 Å². The zero-order chi connectivity index (χ0) is 16.8. The highest BCUT2D eigenvalue weighted by molar-refractivity contribution is 5.94. The van der Waals surface area contributed by atoms with Crippen LogP contribution in [-0.2, 0) is 16.1 Å². The van der Waals surface area contributed by atoms with Crippen LogP contribution < -0.4 is 5.32 Å². The van der Waals surface area contributed by atoms with Gasteiger partial charge in [0.05, 0.1) is 0 Å². The van der Waals surface area contributed by atoms with Gasteiger partial charge >= 0.3 is 0 Å². The minimum absolute atomic E-state index is 0.0185. The number of amides is 2. The first-order valence-electron chi connectivity index (χ1n) is 7.46. The van der Waals surface area contributed by atoms with Gasteiger partial charge in [-0.15, -0.1) is 0 Å². The second-order valence-electron chi connectivity index (χ2n) is 5.66. The molecule has 0 fully saturated rings. The van der Waals surface area contributed by atoms with Gasteiger partial charge in [-0.2, -0.15) is 0 Å². The van der Waals surface area contributed by atoms with Crippen molar-refractivity contribution in [1.82, 2.24) is 9.88 Å². The maximum atomic E-state index is 12.2. The summed E-state index contributed by atoms with van der Waals surface area (Å²) in [5, 5.41) is 2.85. The number of benzene rings is 1. The third-order valence-electron chi connectivity index (χ3n) is 3.41. The highest BCUT2D eigenvalue weighted by Crippen LogP contribution is 2.14. The maximum Gasteiger partial charge on any atom is 0.244 e. The average Bonchev–Trinajstić information content (AvgIpc) is 2.46. The number of aryl methyl sites for hydroxylation is 2. The Morgan fingerprint density at radius 1 is 1.09 bits per heavy atom. The van der Waals surface area contributed by atoms with E-state index in [1.54, 1.807) is 12.4 Å². The standard InChI is InChI=1S/C18H21N3O2/c1-13-8-14(2)10-17(9-13)20-18(23)12-21(15(3)22)11-16-4-6-19-7-5-16/h4-10H,11-12H2,1-3H3,(H,20,23). The fourth-order valence-electron chi connectivity index (χ4n) is 2.41. The zero-order valence-electron chi connectivity index (χ0n) is 13.7. The Hall–Kier alpha value is -2.69. The van der Waals surface area contributed by atoms with E-state index < -0.39 is 0 Å². The lowest BCUT2D eigenvalue weighted by atomic mass is 10.1. The van der Waals surface area contributed by atoms with Crippen LogP contribution in [0.1, 0.15) is 23.6 Å². The van der Waals surface area contributed by atoms with Crippen molar-refractivity contribution in [2.45, 2.75) is 27.3 Å². The van der Waals surface area contributed by atoms with Gasteiger partial charge in [0.1, 0.15) is 6.54 Å². The van der Waals surface area contributed by atoms with Crippen molar-refractivity contribution < 1.29 is 9.59 Å². The molecule has 1 aromatic heterocycles. The number of hydrogen-bond acceptors (Lipinski definition) is 3. The first-order chi connectivity index (χ1) is 10.9. The van der Waals surface area contributed by atoms with E-state index in [1.807, 2.05) is 44.2 Å². The Balaban J connectivity index is 2.02. The van der Waals surface area contributed by atoms with Gasteiger partial charge in [0.15, 0.2) is 0 Å². The molecule has 120 valence electrons. The molecule has 1 aromatic carbocycles. The molecule has 0 saturated heterocycles. The summed E-state index contributed by atoms with van der Waals surface area (Å²) < 4.78 is 0. The fourth-order valence-corrected chi connectivity index (χ4v) is 2.41. The fraction of sp³-hybridized carbons (Fsp3) is 0.278. The molecule has 2 amide bonds. The van der Waals surface area contributed by atoms with Crippen molar-refractivity contribution in [1.29, 1.82) is 0 Å². The van der Waals surface area contributed by atoms with E-state index in [4.69, 9.17) is 0 Å². The Morgan fingerprint density at radius 2 is 1.70 bits per heavy atom. The molecule has 5 heteroatoms. The number of nitrogens with zero attached hydrogens (tertiary/aromatic N) is 2. The maximum absolute atomic E-state index is 12.2. The number of nitrogens with one attached hydrogen (secondary N) is 1. The molecule has 0 bridgehead atoms. The van der Waals surface area contributed by atoms with Crippen LogP contribution in [0.25, 0.3) is 0 Å². The molecule has 0 atom stereocenters. The Kier molecular flexibility index (Phi) is 5.46. The van der Waals surface area contributed by atoms with Gasteiger partial charge in [-0.1, -0.05) is 6.07 Å². The van der Waals surface area contributed by atoms with Gasteiger partial charge in [0.25, 0.3) is 0 Å². The molecular formula is C18H21N3O2. The summed E-state index contributed by atoms with van der Waals surface area (Å²) in [7, 11) is 0. The molecular weight excluding hydrogens is 290 g/mol. The van der Waals surface area contributed by atoms with E-state index in [1.165, 1.54) is 11.8 Å². The second-order valence-corrected chi connectivity index (χ2v) is 5.66. The first-order valence-corrected chi connectivity index (χ1v) is 7.46. The molecule has 0 aliphatic carbocycles. The summed E-state index contributed by atoms with van der Waals surface area (Å²) in [6.45, 7) is 5.83. The quantitative estimate of drug-likeness (QED) is 0.923. The largest absolute Gasteiger partial charge is 0.329 e. The van der Waals surface area contributed by atoms with Crippen LogP contribution in [0, 0.1) is 13.8 Å². The minimum Gasteiger partial charge on any atom is -0.329 e. The molecule has 0 aliphatic heterocycles. The van der Waals surface area contributed by atoms with E-state index >= 15 is 0 Å². The monoisotopic (exact) mass is 311 g/mol. The van der Waals surface area contributed by atoms with Crippen LogP contribution in [0.5, 0.6) is 0 Å². The summed E-state index contributed by atoms with van der Waals surface area (Å²) in [5.74, 6) is -0.350. The lowest BCUT2D eigenvalue weighted by Crippen LogP contribution is -2.36. The third kappa shape index (κ3) is 5.21. The van der Waals surface area contributed by atoms with E-state index in [0.717, 1.165) is 22.4 Å². The van der Waals surface area contributed by atoms with Crippen LogP contribution in [0.2, 0.25) is 0 Å². The minimum atomic E-state index is -0.209. The van der Waals surface area contributed by atoms with E-state index in [2.05, 4.69) is 10.3 Å². The summed E-state index contributed by atoms with van der Waals surface area (Å²) in [6, 6.07) is 9.52. The summed E-state index contributed by atoms with van der Waals surface area (Å²) in [4.78, 5) is 29.5. The summed E-state index contributed by atoms with van der Waals surface area (Å²) in [5.41, 5.74) is 3.86. The molecule has 0 saturated carbocycles. The van der Waals surface area contributed by atoms with Gasteiger partial charge in [-0.25, -0.2) is 0 Å². The molecule has 0 radical (unpaired) electrons. The number of rotatable bonds is 5.